The van der Waals surface area contributed by atoms with Crippen molar-refractivity contribution in [1.82, 2.24) is 4.41 Å². The zero-order valence-electron chi connectivity index (χ0n) is 6.69. The Balaban J connectivity index is 2.58. The predicted octanol–water partition coefficient (Wildman–Crippen LogP) is 2.07. The lowest BCUT2D eigenvalue weighted by atomic mass is 10.3. The Hall–Kier alpha value is -1.34. The maximum atomic E-state index is 8.58. The Labute approximate surface area is 76.1 Å². The second-order valence-electron chi connectivity index (χ2n) is 2.05. The monoisotopic (exact) mass is 179 g/mol. The van der Waals surface area contributed by atoms with Crippen LogP contribution in [0.15, 0.2) is 30.3 Å². The zero-order chi connectivity index (χ0) is 8.81. The molecule has 0 unspecified atom stereocenters. The van der Waals surface area contributed by atoms with Crippen molar-refractivity contribution in [3.05, 3.63) is 30.3 Å². The van der Waals surface area contributed by atoms with Crippen molar-refractivity contribution >= 4 is 17.6 Å². The summed E-state index contributed by atoms with van der Waals surface area (Å²) >= 11 is 1.33. The highest BCUT2D eigenvalue weighted by molar-refractivity contribution is 7.96. The molecule has 0 atom stereocenters. The first-order valence-corrected chi connectivity index (χ1v) is 4.60. The van der Waals surface area contributed by atoms with Crippen molar-refractivity contribution in [2.24, 2.45) is 0 Å². The topological polar surface area (TPSA) is 39.1 Å². The van der Waals surface area contributed by atoms with Crippen molar-refractivity contribution in [3.63, 3.8) is 0 Å². The van der Waals surface area contributed by atoms with Crippen LogP contribution in [-0.4, -0.2) is 10.7 Å². The molecule has 62 valence electrons. The number of anilines is 1. The molecule has 1 N–H and O–H groups in total. The minimum atomic E-state index is 0.911. The molecule has 0 spiro atoms. The van der Waals surface area contributed by atoms with Crippen LogP contribution in [0.2, 0.25) is 0 Å². The Bertz CT molecular complexity index is 267. The highest BCUT2D eigenvalue weighted by atomic mass is 32.2. The summed E-state index contributed by atoms with van der Waals surface area (Å²) in [5.74, 6) is 0. The van der Waals surface area contributed by atoms with E-state index in [4.69, 9.17) is 5.26 Å². The minimum Gasteiger partial charge on any atom is -0.279 e. The summed E-state index contributed by atoms with van der Waals surface area (Å²) in [5.41, 5.74) is 3.82. The van der Waals surface area contributed by atoms with E-state index >= 15 is 0 Å². The molecule has 1 rings (SSSR count). The number of benzene rings is 1. The standard InChI is InChI=1S/C8H9N3S/c1-12-11(7-9)10-8-5-3-2-4-6-8/h2-6,10H,1H3. The molecule has 0 amide bonds. The average Bonchev–Trinajstić information content (AvgIpc) is 2.16. The Morgan fingerprint density at radius 3 is 2.58 bits per heavy atom. The van der Waals surface area contributed by atoms with Gasteiger partial charge in [-0.25, -0.2) is 0 Å². The van der Waals surface area contributed by atoms with Crippen molar-refractivity contribution in [3.8, 4) is 6.19 Å². The normalized spacial score (nSPS) is 8.67. The van der Waals surface area contributed by atoms with Gasteiger partial charge < -0.3 is 0 Å². The van der Waals surface area contributed by atoms with Crippen LogP contribution in [0.5, 0.6) is 0 Å². The van der Waals surface area contributed by atoms with E-state index in [9.17, 15) is 0 Å². The van der Waals surface area contributed by atoms with Gasteiger partial charge in [-0.05, 0) is 24.1 Å². The van der Waals surface area contributed by atoms with E-state index in [0.29, 0.717) is 0 Å². The first-order chi connectivity index (χ1) is 5.86. The summed E-state index contributed by atoms with van der Waals surface area (Å²) in [6, 6.07) is 9.57. The SMILES string of the molecule is CSN(C#N)Nc1ccccc1. The number of nitrogens with one attached hydrogen (secondary N) is 1. The summed E-state index contributed by atoms with van der Waals surface area (Å²) < 4.78 is 1.38. The Morgan fingerprint density at radius 1 is 1.42 bits per heavy atom. The molecule has 12 heavy (non-hydrogen) atoms. The van der Waals surface area contributed by atoms with E-state index in [0.717, 1.165) is 5.69 Å². The van der Waals surface area contributed by atoms with Crippen molar-refractivity contribution in [2.75, 3.05) is 11.7 Å². The van der Waals surface area contributed by atoms with Crippen LogP contribution >= 0.6 is 11.9 Å². The van der Waals surface area contributed by atoms with E-state index in [-0.39, 0.29) is 0 Å². The van der Waals surface area contributed by atoms with Gasteiger partial charge in [0, 0.05) is 6.26 Å². The largest absolute Gasteiger partial charge is 0.279 e. The molecule has 1 aromatic rings. The highest BCUT2D eigenvalue weighted by Gasteiger charge is 1.96. The molecule has 0 aliphatic carbocycles. The maximum Gasteiger partial charge on any atom is 0.211 e. The van der Waals surface area contributed by atoms with Gasteiger partial charge in [0.25, 0.3) is 0 Å². The number of para-hydroxylation sites is 1. The van der Waals surface area contributed by atoms with E-state index in [1.165, 1.54) is 16.4 Å². The summed E-state index contributed by atoms with van der Waals surface area (Å²) in [4.78, 5) is 0. The summed E-state index contributed by atoms with van der Waals surface area (Å²) in [5, 5.41) is 8.58. The van der Waals surface area contributed by atoms with Crippen LogP contribution < -0.4 is 5.43 Å². The van der Waals surface area contributed by atoms with Crippen molar-refractivity contribution in [2.45, 2.75) is 0 Å². The Kier molecular flexibility index (Phi) is 3.30. The van der Waals surface area contributed by atoms with Gasteiger partial charge in [0.2, 0.25) is 6.19 Å². The molecule has 1 aromatic carbocycles. The fourth-order valence-electron chi connectivity index (χ4n) is 0.741. The molecule has 0 aliphatic heterocycles. The third-order valence-electron chi connectivity index (χ3n) is 1.28. The fraction of sp³-hybridized carbons (Fsp3) is 0.125. The second kappa shape index (κ2) is 4.52. The zero-order valence-corrected chi connectivity index (χ0v) is 7.51. The lowest BCUT2D eigenvalue weighted by Gasteiger charge is -2.13. The average molecular weight is 179 g/mol. The molecule has 0 saturated heterocycles. The lowest BCUT2D eigenvalue weighted by molar-refractivity contribution is 0.778. The van der Waals surface area contributed by atoms with E-state index in [1.807, 2.05) is 42.8 Å². The first-order valence-electron chi connectivity index (χ1n) is 3.42. The molecular weight excluding hydrogens is 170 g/mol. The number of hydrogen-bond acceptors (Lipinski definition) is 4. The number of nitrogens with zero attached hydrogens (tertiary/aromatic N) is 2. The van der Waals surface area contributed by atoms with E-state index in [2.05, 4.69) is 5.43 Å². The fourth-order valence-corrected chi connectivity index (χ4v) is 1.02. The molecular formula is C8H9N3S. The van der Waals surface area contributed by atoms with Gasteiger partial charge in [-0.2, -0.15) is 9.68 Å². The van der Waals surface area contributed by atoms with E-state index in [1.54, 1.807) is 0 Å². The van der Waals surface area contributed by atoms with Crippen molar-refractivity contribution in [1.29, 1.82) is 5.26 Å². The predicted molar refractivity (Wildman–Crippen MR) is 51.0 cm³/mol. The molecule has 0 aromatic heterocycles. The van der Waals surface area contributed by atoms with Gasteiger partial charge in [-0.3, -0.25) is 5.43 Å². The first kappa shape index (κ1) is 8.75. The van der Waals surface area contributed by atoms with Crippen LogP contribution in [0.4, 0.5) is 5.69 Å². The number of hydrazine groups is 1. The lowest BCUT2D eigenvalue weighted by Crippen LogP contribution is -2.15. The van der Waals surface area contributed by atoms with Crippen LogP contribution in [0, 0.1) is 11.5 Å². The van der Waals surface area contributed by atoms with Crippen LogP contribution in [0.1, 0.15) is 0 Å². The van der Waals surface area contributed by atoms with Gasteiger partial charge in [0.05, 0.1) is 5.69 Å². The minimum absolute atomic E-state index is 0.911. The molecule has 0 radical (unpaired) electrons. The van der Waals surface area contributed by atoms with Crippen molar-refractivity contribution < 1.29 is 0 Å². The van der Waals surface area contributed by atoms with Gasteiger partial charge >= 0.3 is 0 Å². The quantitative estimate of drug-likeness (QED) is 0.334. The van der Waals surface area contributed by atoms with Gasteiger partial charge in [0.1, 0.15) is 0 Å². The number of hydrogen-bond donors (Lipinski definition) is 1. The molecule has 0 aliphatic rings. The molecule has 4 heteroatoms. The second-order valence-corrected chi connectivity index (χ2v) is 2.79. The molecule has 0 bridgehead atoms. The summed E-state index contributed by atoms with van der Waals surface area (Å²) in [6.45, 7) is 0. The highest BCUT2D eigenvalue weighted by Crippen LogP contribution is 2.10. The van der Waals surface area contributed by atoms with Gasteiger partial charge in [-0.15, -0.1) is 0 Å². The molecule has 0 heterocycles. The van der Waals surface area contributed by atoms with Gasteiger partial charge in [0.15, 0.2) is 0 Å². The third kappa shape index (κ3) is 2.36. The number of rotatable bonds is 3. The van der Waals surface area contributed by atoms with Crippen LogP contribution in [0.25, 0.3) is 0 Å². The Morgan fingerprint density at radius 2 is 2.08 bits per heavy atom. The number of nitriles is 1. The molecule has 0 saturated carbocycles. The van der Waals surface area contributed by atoms with Crippen LogP contribution in [-0.2, 0) is 0 Å². The van der Waals surface area contributed by atoms with Gasteiger partial charge in [-0.1, -0.05) is 18.2 Å². The van der Waals surface area contributed by atoms with E-state index < -0.39 is 0 Å². The summed E-state index contributed by atoms with van der Waals surface area (Å²) in [6.07, 6.45) is 3.82. The summed E-state index contributed by atoms with van der Waals surface area (Å²) in [7, 11) is 0. The van der Waals surface area contributed by atoms with Crippen LogP contribution in [0.3, 0.4) is 0 Å². The maximum absolute atomic E-state index is 8.58. The molecule has 0 fully saturated rings. The smallest absolute Gasteiger partial charge is 0.211 e. The third-order valence-corrected chi connectivity index (χ3v) is 1.82. The molecule has 3 nitrogen and oxygen atoms in total.